The summed E-state index contributed by atoms with van der Waals surface area (Å²) in [5.74, 6) is 0.321. The van der Waals surface area contributed by atoms with E-state index in [4.69, 9.17) is 10.5 Å². The average molecular weight is 227 g/mol. The molecule has 0 aromatic carbocycles. The van der Waals surface area contributed by atoms with Gasteiger partial charge < -0.3 is 10.5 Å². The van der Waals surface area contributed by atoms with E-state index in [0.29, 0.717) is 12.5 Å². The first kappa shape index (κ1) is 13.5. The summed E-state index contributed by atoms with van der Waals surface area (Å²) in [5.41, 5.74) is 5.25. The molecule has 1 rings (SSSR count). The van der Waals surface area contributed by atoms with E-state index in [1.54, 1.807) is 0 Å². The lowest BCUT2D eigenvalue weighted by Crippen LogP contribution is -2.54. The van der Waals surface area contributed by atoms with E-state index in [2.05, 4.69) is 13.8 Å². The van der Waals surface area contributed by atoms with Crippen molar-refractivity contribution in [3.63, 3.8) is 0 Å². The Morgan fingerprint density at radius 2 is 2.12 bits per heavy atom. The Kier molecular flexibility index (Phi) is 5.26. The largest absolute Gasteiger partial charge is 0.464 e. The zero-order chi connectivity index (χ0) is 12.0. The monoisotopic (exact) mass is 227 g/mol. The van der Waals surface area contributed by atoms with Crippen LogP contribution in [-0.4, -0.2) is 18.1 Å². The van der Waals surface area contributed by atoms with Crippen LogP contribution < -0.4 is 5.73 Å². The molecule has 1 aliphatic carbocycles. The molecule has 94 valence electrons. The SMILES string of the molecule is CCCCC(CC)COC(=O)C1(N)CCC1. The molecule has 1 fully saturated rings. The van der Waals surface area contributed by atoms with Gasteiger partial charge in [0.1, 0.15) is 5.54 Å². The van der Waals surface area contributed by atoms with E-state index in [9.17, 15) is 4.79 Å². The highest BCUT2D eigenvalue weighted by molar-refractivity contribution is 5.81. The van der Waals surface area contributed by atoms with Crippen LogP contribution in [-0.2, 0) is 9.53 Å². The minimum atomic E-state index is -0.650. The topological polar surface area (TPSA) is 52.3 Å². The maximum atomic E-state index is 11.7. The van der Waals surface area contributed by atoms with Gasteiger partial charge in [0.15, 0.2) is 0 Å². The van der Waals surface area contributed by atoms with Crippen molar-refractivity contribution in [3.8, 4) is 0 Å². The van der Waals surface area contributed by atoms with Gasteiger partial charge in [0.25, 0.3) is 0 Å². The van der Waals surface area contributed by atoms with Crippen molar-refractivity contribution in [1.82, 2.24) is 0 Å². The Bertz CT molecular complexity index is 224. The van der Waals surface area contributed by atoms with E-state index < -0.39 is 5.54 Å². The first-order valence-electron chi connectivity index (χ1n) is 6.58. The fourth-order valence-electron chi connectivity index (χ4n) is 2.00. The molecule has 1 aliphatic rings. The standard InChI is InChI=1S/C13H25NO2/c1-3-5-7-11(4-2)10-16-12(15)13(14)8-6-9-13/h11H,3-10,14H2,1-2H3. The zero-order valence-electron chi connectivity index (χ0n) is 10.6. The first-order chi connectivity index (χ1) is 7.62. The molecule has 16 heavy (non-hydrogen) atoms. The van der Waals surface area contributed by atoms with Gasteiger partial charge in [0, 0.05) is 0 Å². The fraction of sp³-hybridized carbons (Fsp3) is 0.923. The molecule has 1 saturated carbocycles. The van der Waals surface area contributed by atoms with E-state index in [1.165, 1.54) is 12.8 Å². The van der Waals surface area contributed by atoms with Crippen LogP contribution in [0.25, 0.3) is 0 Å². The van der Waals surface area contributed by atoms with Crippen LogP contribution in [0.1, 0.15) is 58.8 Å². The number of unbranched alkanes of at least 4 members (excludes halogenated alkanes) is 1. The molecule has 0 radical (unpaired) electrons. The molecule has 1 atom stereocenters. The second kappa shape index (κ2) is 6.24. The molecule has 0 saturated heterocycles. The predicted octanol–water partition coefficient (Wildman–Crippen LogP) is 2.63. The number of carbonyl (C=O) groups is 1. The van der Waals surface area contributed by atoms with Crippen molar-refractivity contribution >= 4 is 5.97 Å². The third-order valence-corrected chi connectivity index (χ3v) is 3.65. The predicted molar refractivity (Wildman–Crippen MR) is 65.0 cm³/mol. The third kappa shape index (κ3) is 3.48. The Morgan fingerprint density at radius 1 is 1.44 bits per heavy atom. The lowest BCUT2D eigenvalue weighted by molar-refractivity contribution is -0.155. The summed E-state index contributed by atoms with van der Waals surface area (Å²) in [7, 11) is 0. The Morgan fingerprint density at radius 3 is 2.56 bits per heavy atom. The van der Waals surface area contributed by atoms with Crippen LogP contribution in [0.2, 0.25) is 0 Å². The number of nitrogens with two attached hydrogens (primary N) is 1. The van der Waals surface area contributed by atoms with Crippen LogP contribution >= 0.6 is 0 Å². The van der Waals surface area contributed by atoms with Gasteiger partial charge in [-0.25, -0.2) is 0 Å². The summed E-state index contributed by atoms with van der Waals surface area (Å²) in [6, 6.07) is 0. The van der Waals surface area contributed by atoms with Crippen molar-refractivity contribution < 1.29 is 9.53 Å². The van der Waals surface area contributed by atoms with Gasteiger partial charge in [-0.3, -0.25) is 4.79 Å². The molecule has 3 heteroatoms. The van der Waals surface area contributed by atoms with Crippen LogP contribution in [0.15, 0.2) is 0 Å². The Balaban J connectivity index is 2.23. The summed E-state index contributed by atoms with van der Waals surface area (Å²) in [5, 5.41) is 0. The molecular formula is C13H25NO2. The summed E-state index contributed by atoms with van der Waals surface area (Å²) < 4.78 is 5.34. The Hall–Kier alpha value is -0.570. The quantitative estimate of drug-likeness (QED) is 0.680. The van der Waals surface area contributed by atoms with Gasteiger partial charge in [-0.2, -0.15) is 0 Å². The highest BCUT2D eigenvalue weighted by Gasteiger charge is 2.41. The second-order valence-electron chi connectivity index (χ2n) is 5.02. The van der Waals surface area contributed by atoms with Gasteiger partial charge in [-0.1, -0.05) is 33.1 Å². The highest BCUT2D eigenvalue weighted by Crippen LogP contribution is 2.30. The number of hydrogen-bond donors (Lipinski definition) is 1. The second-order valence-corrected chi connectivity index (χ2v) is 5.02. The molecular weight excluding hydrogens is 202 g/mol. The van der Waals surface area contributed by atoms with Gasteiger partial charge in [0.05, 0.1) is 6.61 Å². The summed E-state index contributed by atoms with van der Waals surface area (Å²) in [4.78, 5) is 11.7. The van der Waals surface area contributed by atoms with Crippen LogP contribution in [0.3, 0.4) is 0 Å². The average Bonchev–Trinajstić information content (AvgIpc) is 2.25. The van der Waals surface area contributed by atoms with Crippen molar-refractivity contribution in [2.75, 3.05) is 6.61 Å². The minimum absolute atomic E-state index is 0.186. The van der Waals surface area contributed by atoms with Gasteiger partial charge in [0.2, 0.25) is 0 Å². The molecule has 0 bridgehead atoms. The van der Waals surface area contributed by atoms with Gasteiger partial charge in [-0.05, 0) is 31.6 Å². The van der Waals surface area contributed by atoms with Crippen molar-refractivity contribution in [1.29, 1.82) is 0 Å². The van der Waals surface area contributed by atoms with E-state index in [0.717, 1.165) is 32.1 Å². The highest BCUT2D eigenvalue weighted by atomic mass is 16.5. The number of esters is 1. The first-order valence-corrected chi connectivity index (χ1v) is 6.58. The third-order valence-electron chi connectivity index (χ3n) is 3.65. The minimum Gasteiger partial charge on any atom is -0.464 e. The van der Waals surface area contributed by atoms with Crippen molar-refractivity contribution in [2.45, 2.75) is 64.3 Å². The van der Waals surface area contributed by atoms with Crippen molar-refractivity contribution in [2.24, 2.45) is 11.7 Å². The maximum absolute atomic E-state index is 11.7. The summed E-state index contributed by atoms with van der Waals surface area (Å²) >= 11 is 0. The number of hydrogen-bond acceptors (Lipinski definition) is 3. The zero-order valence-corrected chi connectivity index (χ0v) is 10.6. The Labute approximate surface area is 98.7 Å². The van der Waals surface area contributed by atoms with E-state index >= 15 is 0 Å². The van der Waals surface area contributed by atoms with Crippen LogP contribution in [0.4, 0.5) is 0 Å². The van der Waals surface area contributed by atoms with Gasteiger partial charge >= 0.3 is 5.97 Å². The van der Waals surface area contributed by atoms with E-state index in [1.807, 2.05) is 0 Å². The smallest absolute Gasteiger partial charge is 0.326 e. The molecule has 0 heterocycles. The van der Waals surface area contributed by atoms with Crippen LogP contribution in [0.5, 0.6) is 0 Å². The lowest BCUT2D eigenvalue weighted by Gasteiger charge is -2.35. The van der Waals surface area contributed by atoms with Crippen LogP contribution in [0, 0.1) is 5.92 Å². The van der Waals surface area contributed by atoms with E-state index in [-0.39, 0.29) is 5.97 Å². The number of ether oxygens (including phenoxy) is 1. The molecule has 0 amide bonds. The van der Waals surface area contributed by atoms with Gasteiger partial charge in [-0.15, -0.1) is 0 Å². The molecule has 0 spiro atoms. The maximum Gasteiger partial charge on any atom is 0.326 e. The number of rotatable bonds is 7. The normalized spacial score (nSPS) is 19.9. The lowest BCUT2D eigenvalue weighted by atomic mass is 9.78. The molecule has 3 nitrogen and oxygen atoms in total. The molecule has 0 aliphatic heterocycles. The molecule has 0 aromatic heterocycles. The summed E-state index contributed by atoms with van der Waals surface area (Å²) in [6.45, 7) is 4.88. The fourth-order valence-corrected chi connectivity index (χ4v) is 2.00. The molecule has 0 aromatic rings. The molecule has 1 unspecified atom stereocenters. The summed E-state index contributed by atoms with van der Waals surface area (Å²) in [6.07, 6.45) is 7.27. The number of carbonyl (C=O) groups excluding carboxylic acids is 1. The van der Waals surface area contributed by atoms with Crippen molar-refractivity contribution in [3.05, 3.63) is 0 Å². The molecule has 2 N–H and O–H groups in total.